The SMILES string of the molecule is Nc1cnc2cc(CC3CCOCC3)sc2c1N. The number of ether oxygens (including phenoxy) is 1. The molecule has 96 valence electrons. The van der Waals surface area contributed by atoms with Gasteiger partial charge in [-0.15, -0.1) is 11.3 Å². The van der Waals surface area contributed by atoms with Crippen LogP contribution in [0.3, 0.4) is 0 Å². The Balaban J connectivity index is 1.86. The summed E-state index contributed by atoms with van der Waals surface area (Å²) in [5, 5.41) is 0. The van der Waals surface area contributed by atoms with Crippen LogP contribution in [0.25, 0.3) is 10.2 Å². The van der Waals surface area contributed by atoms with E-state index in [0.717, 1.165) is 48.6 Å². The van der Waals surface area contributed by atoms with Crippen LogP contribution >= 0.6 is 11.3 Å². The van der Waals surface area contributed by atoms with Crippen molar-refractivity contribution in [1.82, 2.24) is 4.98 Å². The van der Waals surface area contributed by atoms with Gasteiger partial charge in [-0.05, 0) is 31.2 Å². The van der Waals surface area contributed by atoms with E-state index in [1.54, 1.807) is 17.5 Å². The van der Waals surface area contributed by atoms with Crippen molar-refractivity contribution in [3.8, 4) is 0 Å². The van der Waals surface area contributed by atoms with Crippen LogP contribution < -0.4 is 11.5 Å². The normalized spacial score (nSPS) is 17.3. The first-order valence-corrected chi connectivity index (χ1v) is 7.06. The van der Waals surface area contributed by atoms with Crippen molar-refractivity contribution < 1.29 is 4.74 Å². The molecule has 0 atom stereocenters. The molecule has 18 heavy (non-hydrogen) atoms. The average Bonchev–Trinajstić information content (AvgIpc) is 2.79. The van der Waals surface area contributed by atoms with E-state index in [9.17, 15) is 0 Å². The summed E-state index contributed by atoms with van der Waals surface area (Å²) in [5.74, 6) is 0.727. The minimum Gasteiger partial charge on any atom is -0.396 e. The summed E-state index contributed by atoms with van der Waals surface area (Å²) in [5.41, 5.74) is 14.0. The maximum absolute atomic E-state index is 5.99. The van der Waals surface area contributed by atoms with Crippen LogP contribution in [-0.2, 0) is 11.2 Å². The van der Waals surface area contributed by atoms with Crippen molar-refractivity contribution in [2.24, 2.45) is 5.92 Å². The van der Waals surface area contributed by atoms with Crippen LogP contribution in [0.5, 0.6) is 0 Å². The third-order valence-electron chi connectivity index (χ3n) is 3.49. The highest BCUT2D eigenvalue weighted by Crippen LogP contribution is 2.34. The molecule has 1 fully saturated rings. The number of hydrogen-bond donors (Lipinski definition) is 2. The van der Waals surface area contributed by atoms with Gasteiger partial charge in [0.15, 0.2) is 0 Å². The Morgan fingerprint density at radius 3 is 2.89 bits per heavy atom. The number of nitrogens with zero attached hydrogens (tertiary/aromatic N) is 1. The van der Waals surface area contributed by atoms with E-state index in [1.807, 2.05) is 0 Å². The van der Waals surface area contributed by atoms with E-state index in [1.165, 1.54) is 4.88 Å². The molecule has 0 radical (unpaired) electrons. The minimum atomic E-state index is 0.571. The number of nitrogen functional groups attached to an aromatic ring is 2. The van der Waals surface area contributed by atoms with E-state index >= 15 is 0 Å². The predicted octanol–water partition coefficient (Wildman–Crippen LogP) is 2.43. The van der Waals surface area contributed by atoms with E-state index in [4.69, 9.17) is 16.2 Å². The quantitative estimate of drug-likeness (QED) is 0.872. The van der Waals surface area contributed by atoms with Crippen LogP contribution in [0.4, 0.5) is 11.4 Å². The van der Waals surface area contributed by atoms with Gasteiger partial charge < -0.3 is 16.2 Å². The first-order valence-electron chi connectivity index (χ1n) is 6.24. The minimum absolute atomic E-state index is 0.571. The molecule has 3 heterocycles. The number of thiophene rings is 1. The second-order valence-corrected chi connectivity index (χ2v) is 5.95. The molecule has 2 aromatic heterocycles. The Kier molecular flexibility index (Phi) is 3.09. The fraction of sp³-hybridized carbons (Fsp3) is 0.462. The highest BCUT2D eigenvalue weighted by Gasteiger charge is 2.16. The summed E-state index contributed by atoms with van der Waals surface area (Å²) < 4.78 is 6.41. The number of hydrogen-bond acceptors (Lipinski definition) is 5. The lowest BCUT2D eigenvalue weighted by Crippen LogP contribution is -2.17. The Labute approximate surface area is 110 Å². The molecule has 4 nitrogen and oxygen atoms in total. The lowest BCUT2D eigenvalue weighted by molar-refractivity contribution is 0.0667. The molecule has 0 aromatic carbocycles. The molecule has 0 spiro atoms. The molecule has 1 saturated heterocycles. The highest BCUT2D eigenvalue weighted by molar-refractivity contribution is 7.19. The molecule has 0 saturated carbocycles. The summed E-state index contributed by atoms with van der Waals surface area (Å²) >= 11 is 1.72. The number of nitrogens with two attached hydrogens (primary N) is 2. The second-order valence-electron chi connectivity index (χ2n) is 4.81. The molecular formula is C13H17N3OS. The second kappa shape index (κ2) is 4.74. The molecule has 0 bridgehead atoms. The summed E-state index contributed by atoms with van der Waals surface area (Å²) in [6.45, 7) is 1.78. The highest BCUT2D eigenvalue weighted by atomic mass is 32.1. The van der Waals surface area contributed by atoms with Gasteiger partial charge in [0.05, 0.1) is 27.8 Å². The number of pyridine rings is 1. The molecule has 0 unspecified atom stereocenters. The molecule has 3 rings (SSSR count). The number of anilines is 2. The molecule has 1 aliphatic heterocycles. The number of aromatic nitrogens is 1. The van der Waals surface area contributed by atoms with E-state index < -0.39 is 0 Å². The number of rotatable bonds is 2. The predicted molar refractivity (Wildman–Crippen MR) is 75.7 cm³/mol. The third kappa shape index (κ3) is 2.15. The molecule has 0 aliphatic carbocycles. The smallest absolute Gasteiger partial charge is 0.0835 e. The summed E-state index contributed by atoms with van der Waals surface area (Å²) in [4.78, 5) is 5.68. The maximum atomic E-state index is 5.99. The Bertz CT molecular complexity index is 561. The Hall–Kier alpha value is -1.33. The summed E-state index contributed by atoms with van der Waals surface area (Å²) in [7, 11) is 0. The molecule has 1 aliphatic rings. The van der Waals surface area contributed by atoms with E-state index in [0.29, 0.717) is 11.4 Å². The van der Waals surface area contributed by atoms with Gasteiger partial charge in [0.2, 0.25) is 0 Å². The van der Waals surface area contributed by atoms with E-state index in [2.05, 4.69) is 11.1 Å². The lowest BCUT2D eigenvalue weighted by Gasteiger charge is -2.21. The zero-order chi connectivity index (χ0) is 12.5. The van der Waals surface area contributed by atoms with Gasteiger partial charge in [0, 0.05) is 18.1 Å². The zero-order valence-electron chi connectivity index (χ0n) is 10.2. The maximum Gasteiger partial charge on any atom is 0.0835 e. The van der Waals surface area contributed by atoms with Gasteiger partial charge >= 0.3 is 0 Å². The fourth-order valence-corrected chi connectivity index (χ4v) is 3.59. The largest absolute Gasteiger partial charge is 0.396 e. The van der Waals surface area contributed by atoms with Crippen LogP contribution in [-0.4, -0.2) is 18.2 Å². The lowest BCUT2D eigenvalue weighted by atomic mass is 9.96. The van der Waals surface area contributed by atoms with Crippen molar-refractivity contribution in [3.63, 3.8) is 0 Å². The topological polar surface area (TPSA) is 74.2 Å². The Morgan fingerprint density at radius 2 is 2.11 bits per heavy atom. The summed E-state index contributed by atoms with van der Waals surface area (Å²) in [6, 6.07) is 2.14. The fourth-order valence-electron chi connectivity index (χ4n) is 2.40. The van der Waals surface area contributed by atoms with Crippen molar-refractivity contribution in [2.75, 3.05) is 24.7 Å². The van der Waals surface area contributed by atoms with Crippen molar-refractivity contribution in [3.05, 3.63) is 17.1 Å². The molecular weight excluding hydrogens is 246 g/mol. The van der Waals surface area contributed by atoms with Gasteiger partial charge in [0.25, 0.3) is 0 Å². The molecule has 2 aromatic rings. The van der Waals surface area contributed by atoms with E-state index in [-0.39, 0.29) is 0 Å². The summed E-state index contributed by atoms with van der Waals surface area (Å²) in [6.07, 6.45) is 5.05. The monoisotopic (exact) mass is 263 g/mol. The number of fused-ring (bicyclic) bond motifs is 1. The van der Waals surface area contributed by atoms with Crippen molar-refractivity contribution in [2.45, 2.75) is 19.3 Å². The Morgan fingerprint density at radius 1 is 1.33 bits per heavy atom. The van der Waals surface area contributed by atoms with Crippen LogP contribution in [0.2, 0.25) is 0 Å². The van der Waals surface area contributed by atoms with Gasteiger partial charge in [0.1, 0.15) is 0 Å². The van der Waals surface area contributed by atoms with Crippen LogP contribution in [0.1, 0.15) is 17.7 Å². The standard InChI is InChI=1S/C13H17N3OS/c14-10-7-16-11-6-9(18-13(11)12(10)15)5-8-1-3-17-4-2-8/h6-8H,1-5,14H2,(H2,15,16). The van der Waals surface area contributed by atoms with Gasteiger partial charge in [-0.2, -0.15) is 0 Å². The van der Waals surface area contributed by atoms with Gasteiger partial charge in [-0.25, -0.2) is 0 Å². The zero-order valence-corrected chi connectivity index (χ0v) is 11.0. The first-order chi connectivity index (χ1) is 8.74. The van der Waals surface area contributed by atoms with Crippen molar-refractivity contribution >= 4 is 32.9 Å². The van der Waals surface area contributed by atoms with Gasteiger partial charge in [-0.3, -0.25) is 4.98 Å². The molecule has 4 N–H and O–H groups in total. The van der Waals surface area contributed by atoms with Crippen molar-refractivity contribution in [1.29, 1.82) is 0 Å². The molecule has 0 amide bonds. The van der Waals surface area contributed by atoms with Crippen LogP contribution in [0, 0.1) is 5.92 Å². The third-order valence-corrected chi connectivity index (χ3v) is 4.67. The van der Waals surface area contributed by atoms with Crippen LogP contribution in [0.15, 0.2) is 12.3 Å². The average molecular weight is 263 g/mol. The first kappa shape index (κ1) is 11.7. The molecule has 5 heteroatoms. The van der Waals surface area contributed by atoms with Gasteiger partial charge in [-0.1, -0.05) is 0 Å².